The summed E-state index contributed by atoms with van der Waals surface area (Å²) < 4.78 is 0. The molecule has 17 heavy (non-hydrogen) atoms. The highest BCUT2D eigenvalue weighted by molar-refractivity contribution is 5.76. The molecule has 0 aromatic heterocycles. The number of hydrogen-bond donors (Lipinski definition) is 2. The fourth-order valence-corrected chi connectivity index (χ4v) is 2.29. The molecule has 0 bridgehead atoms. The van der Waals surface area contributed by atoms with Crippen LogP contribution in [0.5, 0.6) is 0 Å². The molecule has 0 spiro atoms. The number of carbonyl (C=O) groups excluding carboxylic acids is 2. The Morgan fingerprint density at radius 1 is 1.12 bits per heavy atom. The van der Waals surface area contributed by atoms with Gasteiger partial charge >= 0.3 is 0 Å². The van der Waals surface area contributed by atoms with E-state index in [1.54, 1.807) is 0 Å². The number of nitrogens with one attached hydrogen (secondary N) is 1. The van der Waals surface area contributed by atoms with Crippen LogP contribution in [0.3, 0.4) is 0 Å². The van der Waals surface area contributed by atoms with Gasteiger partial charge in [-0.2, -0.15) is 0 Å². The summed E-state index contributed by atoms with van der Waals surface area (Å²) in [6.07, 6.45) is 7.00. The summed E-state index contributed by atoms with van der Waals surface area (Å²) >= 11 is 0. The quantitative estimate of drug-likeness (QED) is 0.694. The van der Waals surface area contributed by atoms with Crippen LogP contribution < -0.4 is 11.1 Å². The van der Waals surface area contributed by atoms with Crippen molar-refractivity contribution in [3.8, 4) is 0 Å². The molecule has 0 aromatic rings. The van der Waals surface area contributed by atoms with Gasteiger partial charge in [-0.05, 0) is 44.4 Å². The molecule has 1 saturated carbocycles. The topological polar surface area (TPSA) is 72.2 Å². The van der Waals surface area contributed by atoms with E-state index < -0.39 is 0 Å². The van der Waals surface area contributed by atoms with Gasteiger partial charge in [0, 0.05) is 18.9 Å². The van der Waals surface area contributed by atoms with E-state index in [9.17, 15) is 9.59 Å². The molecule has 0 saturated heterocycles. The molecule has 4 nitrogen and oxygen atoms in total. The van der Waals surface area contributed by atoms with Crippen LogP contribution in [0, 0.1) is 5.92 Å². The fraction of sp³-hybridized carbons (Fsp3) is 0.846. The van der Waals surface area contributed by atoms with E-state index in [4.69, 9.17) is 5.73 Å². The predicted molar refractivity (Wildman–Crippen MR) is 67.2 cm³/mol. The van der Waals surface area contributed by atoms with Gasteiger partial charge in [0.1, 0.15) is 0 Å². The largest absolute Gasteiger partial charge is 0.370 e. The Labute approximate surface area is 103 Å². The number of primary amides is 1. The molecule has 4 heteroatoms. The first-order valence-electron chi connectivity index (χ1n) is 6.65. The van der Waals surface area contributed by atoms with Gasteiger partial charge in [0.05, 0.1) is 0 Å². The van der Waals surface area contributed by atoms with E-state index in [2.05, 4.69) is 12.2 Å². The van der Waals surface area contributed by atoms with Gasteiger partial charge in [-0.3, -0.25) is 9.59 Å². The summed E-state index contributed by atoms with van der Waals surface area (Å²) in [5.41, 5.74) is 5.03. The van der Waals surface area contributed by atoms with Crippen molar-refractivity contribution in [2.45, 2.75) is 64.3 Å². The highest BCUT2D eigenvalue weighted by Crippen LogP contribution is 2.23. The third-order valence-corrected chi connectivity index (χ3v) is 3.46. The Kier molecular flexibility index (Phi) is 6.01. The molecule has 1 fully saturated rings. The van der Waals surface area contributed by atoms with Crippen molar-refractivity contribution >= 4 is 11.8 Å². The molecule has 0 atom stereocenters. The molecule has 2 amide bonds. The van der Waals surface area contributed by atoms with Crippen molar-refractivity contribution in [1.29, 1.82) is 0 Å². The standard InChI is InChI=1S/C13H24N2O2/c1-10-6-8-11(9-7-10)15-13(17)5-3-2-4-12(14)16/h10-11H,2-9H2,1H3,(H2,14,16)(H,15,17). The Bertz CT molecular complexity index is 258. The Hall–Kier alpha value is -1.06. The average Bonchev–Trinajstić information content (AvgIpc) is 2.27. The minimum absolute atomic E-state index is 0.119. The summed E-state index contributed by atoms with van der Waals surface area (Å²) in [6, 6.07) is 0.370. The van der Waals surface area contributed by atoms with E-state index in [0.29, 0.717) is 25.3 Å². The van der Waals surface area contributed by atoms with Gasteiger partial charge in [-0.1, -0.05) is 6.92 Å². The number of rotatable bonds is 6. The van der Waals surface area contributed by atoms with Crippen molar-refractivity contribution in [1.82, 2.24) is 5.32 Å². The molecule has 1 aliphatic carbocycles. The molecule has 0 radical (unpaired) electrons. The molecule has 0 aromatic carbocycles. The molecule has 98 valence electrons. The molecule has 3 N–H and O–H groups in total. The van der Waals surface area contributed by atoms with Crippen molar-refractivity contribution in [3.63, 3.8) is 0 Å². The predicted octanol–water partition coefficient (Wildman–Crippen LogP) is 1.73. The van der Waals surface area contributed by atoms with Crippen molar-refractivity contribution < 1.29 is 9.59 Å². The lowest BCUT2D eigenvalue weighted by molar-refractivity contribution is -0.122. The summed E-state index contributed by atoms with van der Waals surface area (Å²) in [5, 5.41) is 3.07. The zero-order chi connectivity index (χ0) is 12.7. The highest BCUT2D eigenvalue weighted by Gasteiger charge is 2.19. The van der Waals surface area contributed by atoms with Gasteiger partial charge in [-0.25, -0.2) is 0 Å². The van der Waals surface area contributed by atoms with Gasteiger partial charge in [0.2, 0.25) is 11.8 Å². The normalized spacial score (nSPS) is 24.3. The molecular formula is C13H24N2O2. The first-order valence-corrected chi connectivity index (χ1v) is 6.65. The molecular weight excluding hydrogens is 216 g/mol. The lowest BCUT2D eigenvalue weighted by Crippen LogP contribution is -2.37. The smallest absolute Gasteiger partial charge is 0.220 e. The third kappa shape index (κ3) is 6.29. The number of amides is 2. The summed E-state index contributed by atoms with van der Waals surface area (Å²) in [5.74, 6) is 0.638. The minimum atomic E-state index is -0.285. The maximum absolute atomic E-state index is 11.6. The molecule has 0 unspecified atom stereocenters. The monoisotopic (exact) mass is 240 g/mol. The number of nitrogens with two attached hydrogens (primary N) is 1. The average molecular weight is 240 g/mol. The lowest BCUT2D eigenvalue weighted by atomic mass is 9.87. The Morgan fingerprint density at radius 2 is 1.71 bits per heavy atom. The lowest BCUT2D eigenvalue weighted by Gasteiger charge is -2.26. The molecule has 1 aliphatic rings. The van der Waals surface area contributed by atoms with Gasteiger partial charge < -0.3 is 11.1 Å². The zero-order valence-corrected chi connectivity index (χ0v) is 10.7. The Morgan fingerprint density at radius 3 is 2.29 bits per heavy atom. The van der Waals surface area contributed by atoms with Crippen LogP contribution in [0.2, 0.25) is 0 Å². The number of carbonyl (C=O) groups is 2. The van der Waals surface area contributed by atoms with Crippen LogP contribution in [0.25, 0.3) is 0 Å². The third-order valence-electron chi connectivity index (χ3n) is 3.46. The van der Waals surface area contributed by atoms with Gasteiger partial charge in [0.15, 0.2) is 0 Å². The first kappa shape index (κ1) is 14.0. The van der Waals surface area contributed by atoms with Gasteiger partial charge in [-0.15, -0.1) is 0 Å². The highest BCUT2D eigenvalue weighted by atomic mass is 16.2. The van der Waals surface area contributed by atoms with E-state index in [0.717, 1.165) is 25.2 Å². The van der Waals surface area contributed by atoms with Crippen LogP contribution in [0.4, 0.5) is 0 Å². The molecule has 0 aliphatic heterocycles. The number of hydrogen-bond acceptors (Lipinski definition) is 2. The second-order valence-corrected chi connectivity index (χ2v) is 5.20. The first-order chi connectivity index (χ1) is 8.08. The Balaban J connectivity index is 2.06. The second kappa shape index (κ2) is 7.30. The van der Waals surface area contributed by atoms with Gasteiger partial charge in [0.25, 0.3) is 0 Å². The zero-order valence-electron chi connectivity index (χ0n) is 10.7. The van der Waals surface area contributed by atoms with E-state index in [1.807, 2.05) is 0 Å². The van der Waals surface area contributed by atoms with E-state index >= 15 is 0 Å². The molecule has 0 heterocycles. The van der Waals surface area contributed by atoms with Crippen LogP contribution in [-0.2, 0) is 9.59 Å². The summed E-state index contributed by atoms with van der Waals surface area (Å²) in [7, 11) is 0. The van der Waals surface area contributed by atoms with Crippen molar-refractivity contribution in [2.75, 3.05) is 0 Å². The van der Waals surface area contributed by atoms with Crippen molar-refractivity contribution in [3.05, 3.63) is 0 Å². The van der Waals surface area contributed by atoms with Crippen LogP contribution in [0.1, 0.15) is 58.3 Å². The second-order valence-electron chi connectivity index (χ2n) is 5.20. The van der Waals surface area contributed by atoms with Crippen LogP contribution >= 0.6 is 0 Å². The maximum Gasteiger partial charge on any atom is 0.220 e. The van der Waals surface area contributed by atoms with Crippen LogP contribution in [0.15, 0.2) is 0 Å². The SMILES string of the molecule is CC1CCC(NC(=O)CCCCC(N)=O)CC1. The maximum atomic E-state index is 11.6. The van der Waals surface area contributed by atoms with E-state index in [-0.39, 0.29) is 11.8 Å². The van der Waals surface area contributed by atoms with Crippen molar-refractivity contribution in [2.24, 2.45) is 11.7 Å². The minimum Gasteiger partial charge on any atom is -0.370 e. The fourth-order valence-electron chi connectivity index (χ4n) is 2.29. The van der Waals surface area contributed by atoms with Crippen LogP contribution in [-0.4, -0.2) is 17.9 Å². The number of unbranched alkanes of at least 4 members (excludes halogenated alkanes) is 1. The van der Waals surface area contributed by atoms with E-state index in [1.165, 1.54) is 12.8 Å². The molecule has 1 rings (SSSR count). The summed E-state index contributed by atoms with van der Waals surface area (Å²) in [6.45, 7) is 2.27. The summed E-state index contributed by atoms with van der Waals surface area (Å²) in [4.78, 5) is 22.1.